The maximum absolute atomic E-state index is 13.7. The smallest absolute Gasteiger partial charge is 0.248 e. The highest BCUT2D eigenvalue weighted by Crippen LogP contribution is 2.23. The van der Waals surface area contributed by atoms with Gasteiger partial charge in [0.25, 0.3) is 0 Å². The van der Waals surface area contributed by atoms with Gasteiger partial charge in [-0.05, 0) is 30.3 Å². The van der Waals surface area contributed by atoms with Crippen LogP contribution in [0.1, 0.15) is 5.69 Å². The van der Waals surface area contributed by atoms with Gasteiger partial charge >= 0.3 is 0 Å². The van der Waals surface area contributed by atoms with E-state index >= 15 is 0 Å². The molecule has 0 saturated heterocycles. The molecule has 120 valence electrons. The van der Waals surface area contributed by atoms with E-state index in [2.05, 4.69) is 10.3 Å². The molecule has 0 bridgehead atoms. The Morgan fingerprint density at radius 2 is 1.87 bits per heavy atom. The van der Waals surface area contributed by atoms with Gasteiger partial charge in [0.15, 0.2) is 9.84 Å². The zero-order valence-electron chi connectivity index (χ0n) is 12.0. The molecule has 0 radical (unpaired) electrons. The molecule has 0 aliphatic heterocycles. The molecule has 1 amide bonds. The van der Waals surface area contributed by atoms with Crippen LogP contribution in [0.3, 0.4) is 0 Å². The number of amides is 1. The molecule has 0 atom stereocenters. The van der Waals surface area contributed by atoms with E-state index in [1.54, 1.807) is 24.4 Å². The fourth-order valence-electron chi connectivity index (χ4n) is 1.81. The van der Waals surface area contributed by atoms with Gasteiger partial charge in [-0.1, -0.05) is 6.07 Å². The summed E-state index contributed by atoms with van der Waals surface area (Å²) in [5.74, 6) is -3.17. The van der Waals surface area contributed by atoms with Crippen molar-refractivity contribution in [1.29, 1.82) is 0 Å². The number of halogens is 2. The van der Waals surface area contributed by atoms with Crippen molar-refractivity contribution >= 4 is 27.5 Å². The van der Waals surface area contributed by atoms with Crippen LogP contribution in [0.5, 0.6) is 0 Å². The molecule has 2 aromatic rings. The van der Waals surface area contributed by atoms with Gasteiger partial charge in [-0.25, -0.2) is 17.2 Å². The Morgan fingerprint density at radius 3 is 2.39 bits per heavy atom. The van der Waals surface area contributed by atoms with Crippen LogP contribution >= 0.6 is 0 Å². The molecule has 1 N–H and O–H groups in total. The van der Waals surface area contributed by atoms with E-state index in [0.717, 1.165) is 18.2 Å². The van der Waals surface area contributed by atoms with Crippen LogP contribution in [-0.2, 0) is 14.6 Å². The van der Waals surface area contributed by atoms with Crippen molar-refractivity contribution in [3.05, 3.63) is 59.9 Å². The standard InChI is InChI=1S/C15H12F2N2O3S/c1-23(21,22)15-12(16)8-11(9-13(15)17)19-14(20)6-5-10-4-2-3-7-18-10/h2-9H,1H3,(H,19,20)/b6-5+. The third kappa shape index (κ3) is 4.43. The van der Waals surface area contributed by atoms with Gasteiger partial charge < -0.3 is 5.32 Å². The normalized spacial score (nSPS) is 11.6. The second kappa shape index (κ2) is 6.66. The van der Waals surface area contributed by atoms with Crippen molar-refractivity contribution in [3.63, 3.8) is 0 Å². The van der Waals surface area contributed by atoms with Crippen LogP contribution in [0.4, 0.5) is 14.5 Å². The lowest BCUT2D eigenvalue weighted by Crippen LogP contribution is -2.11. The predicted molar refractivity (Wildman–Crippen MR) is 81.4 cm³/mol. The van der Waals surface area contributed by atoms with Crippen molar-refractivity contribution in [2.24, 2.45) is 0 Å². The predicted octanol–water partition coefficient (Wildman–Crippen LogP) is 2.42. The summed E-state index contributed by atoms with van der Waals surface area (Å²) in [5.41, 5.74) is 0.343. The van der Waals surface area contributed by atoms with E-state index in [9.17, 15) is 22.0 Å². The number of pyridine rings is 1. The monoisotopic (exact) mass is 338 g/mol. The van der Waals surface area contributed by atoms with Crippen molar-refractivity contribution in [2.75, 3.05) is 11.6 Å². The van der Waals surface area contributed by atoms with E-state index in [1.807, 2.05) is 0 Å². The Hall–Kier alpha value is -2.61. The molecule has 0 fully saturated rings. The number of carbonyl (C=O) groups is 1. The number of anilines is 1. The van der Waals surface area contributed by atoms with E-state index < -0.39 is 32.3 Å². The summed E-state index contributed by atoms with van der Waals surface area (Å²) in [5, 5.41) is 2.24. The summed E-state index contributed by atoms with van der Waals surface area (Å²) in [4.78, 5) is 14.6. The number of aromatic nitrogens is 1. The summed E-state index contributed by atoms with van der Waals surface area (Å²) < 4.78 is 50.0. The zero-order chi connectivity index (χ0) is 17.0. The maximum atomic E-state index is 13.7. The van der Waals surface area contributed by atoms with Crippen LogP contribution in [0.25, 0.3) is 6.08 Å². The minimum absolute atomic E-state index is 0.192. The number of carbonyl (C=O) groups excluding carboxylic acids is 1. The van der Waals surface area contributed by atoms with E-state index in [4.69, 9.17) is 0 Å². The summed E-state index contributed by atoms with van der Waals surface area (Å²) in [6.07, 6.45) is 4.81. The first kappa shape index (κ1) is 16.8. The molecule has 0 aliphatic rings. The Kier molecular flexibility index (Phi) is 4.85. The topological polar surface area (TPSA) is 76.1 Å². The maximum Gasteiger partial charge on any atom is 0.248 e. The molecule has 2 rings (SSSR count). The van der Waals surface area contributed by atoms with Gasteiger partial charge in [0.1, 0.15) is 16.5 Å². The minimum atomic E-state index is -4.04. The van der Waals surface area contributed by atoms with Gasteiger partial charge in [0.2, 0.25) is 5.91 Å². The van der Waals surface area contributed by atoms with Gasteiger partial charge in [-0.15, -0.1) is 0 Å². The van der Waals surface area contributed by atoms with Gasteiger partial charge in [0.05, 0.1) is 5.69 Å². The molecule has 1 aromatic carbocycles. The molecule has 8 heteroatoms. The lowest BCUT2D eigenvalue weighted by atomic mass is 10.3. The number of hydrogen-bond donors (Lipinski definition) is 1. The third-order valence-electron chi connectivity index (χ3n) is 2.73. The number of hydrogen-bond acceptors (Lipinski definition) is 4. The zero-order valence-corrected chi connectivity index (χ0v) is 12.8. The van der Waals surface area contributed by atoms with Crippen LogP contribution in [0, 0.1) is 11.6 Å². The first-order valence-corrected chi connectivity index (χ1v) is 8.26. The molecule has 1 heterocycles. The van der Waals surface area contributed by atoms with Gasteiger partial charge in [-0.2, -0.15) is 0 Å². The second-order valence-corrected chi connectivity index (χ2v) is 6.57. The molecule has 0 unspecified atom stereocenters. The molecular formula is C15H12F2N2O3S. The summed E-state index contributed by atoms with van der Waals surface area (Å²) in [6.45, 7) is 0. The van der Waals surface area contributed by atoms with Crippen LogP contribution in [-0.4, -0.2) is 25.6 Å². The van der Waals surface area contributed by atoms with Crippen molar-refractivity contribution in [3.8, 4) is 0 Å². The van der Waals surface area contributed by atoms with Crippen molar-refractivity contribution in [1.82, 2.24) is 4.98 Å². The van der Waals surface area contributed by atoms with Crippen molar-refractivity contribution in [2.45, 2.75) is 4.90 Å². The van der Waals surface area contributed by atoms with Crippen LogP contribution < -0.4 is 5.32 Å². The van der Waals surface area contributed by atoms with E-state index in [1.165, 1.54) is 6.08 Å². The highest BCUT2D eigenvalue weighted by molar-refractivity contribution is 7.90. The van der Waals surface area contributed by atoms with E-state index in [-0.39, 0.29) is 5.69 Å². The molecule has 0 saturated carbocycles. The number of nitrogens with zero attached hydrogens (tertiary/aromatic N) is 1. The Balaban J connectivity index is 2.18. The Labute approximate surface area is 131 Å². The Morgan fingerprint density at radius 1 is 1.22 bits per heavy atom. The fourth-order valence-corrected chi connectivity index (χ4v) is 2.63. The molecule has 23 heavy (non-hydrogen) atoms. The van der Waals surface area contributed by atoms with Crippen LogP contribution in [0.2, 0.25) is 0 Å². The molecule has 1 aromatic heterocycles. The number of sulfone groups is 1. The molecule has 5 nitrogen and oxygen atoms in total. The lowest BCUT2D eigenvalue weighted by molar-refractivity contribution is -0.111. The lowest BCUT2D eigenvalue weighted by Gasteiger charge is -2.07. The highest BCUT2D eigenvalue weighted by Gasteiger charge is 2.20. The number of benzene rings is 1. The quantitative estimate of drug-likeness (QED) is 0.869. The second-order valence-electron chi connectivity index (χ2n) is 4.62. The fraction of sp³-hybridized carbons (Fsp3) is 0.0667. The molecule has 0 spiro atoms. The molecule has 0 aliphatic carbocycles. The number of nitrogens with one attached hydrogen (secondary N) is 1. The Bertz CT molecular complexity index is 843. The van der Waals surface area contributed by atoms with Crippen LogP contribution in [0.15, 0.2) is 47.5 Å². The summed E-state index contributed by atoms with van der Waals surface area (Å²) in [6, 6.07) is 6.60. The average molecular weight is 338 g/mol. The van der Waals surface area contributed by atoms with Crippen molar-refractivity contribution < 1.29 is 22.0 Å². The minimum Gasteiger partial charge on any atom is -0.322 e. The highest BCUT2D eigenvalue weighted by atomic mass is 32.2. The SMILES string of the molecule is CS(=O)(=O)c1c(F)cc(NC(=O)/C=C/c2ccccn2)cc1F. The largest absolute Gasteiger partial charge is 0.322 e. The van der Waals surface area contributed by atoms with E-state index in [0.29, 0.717) is 11.9 Å². The average Bonchev–Trinajstić information content (AvgIpc) is 2.44. The summed E-state index contributed by atoms with van der Waals surface area (Å²) in [7, 11) is -4.04. The third-order valence-corrected chi connectivity index (χ3v) is 3.86. The van der Waals surface area contributed by atoms with Gasteiger partial charge in [-0.3, -0.25) is 9.78 Å². The summed E-state index contributed by atoms with van der Waals surface area (Å²) >= 11 is 0. The first-order chi connectivity index (χ1) is 10.8. The number of rotatable bonds is 4. The first-order valence-electron chi connectivity index (χ1n) is 6.36. The van der Waals surface area contributed by atoms with Gasteiger partial charge in [0, 0.05) is 24.2 Å². The molecular weight excluding hydrogens is 326 g/mol.